The van der Waals surface area contributed by atoms with E-state index in [9.17, 15) is 4.79 Å². The van der Waals surface area contributed by atoms with Crippen LogP contribution in [0.25, 0.3) is 0 Å². The molecule has 82 valence electrons. The largest absolute Gasteiger partial charge is 0.492 e. The zero-order chi connectivity index (χ0) is 11.3. The molecule has 0 bridgehead atoms. The van der Waals surface area contributed by atoms with Crippen LogP contribution in [0.1, 0.15) is 17.3 Å². The molecule has 0 aliphatic heterocycles. The van der Waals surface area contributed by atoms with Crippen molar-refractivity contribution in [2.24, 2.45) is 0 Å². The molecule has 1 aromatic carbocycles. The van der Waals surface area contributed by atoms with E-state index in [1.807, 2.05) is 6.92 Å². The lowest BCUT2D eigenvalue weighted by Crippen LogP contribution is -2.07. The number of ether oxygens (including phenoxy) is 2. The number of hydrogen-bond acceptors (Lipinski definition) is 3. The molecular formula is C11H13ClO3. The molecule has 0 amide bonds. The minimum absolute atomic E-state index is 0.0368. The Bertz CT molecular complexity index is 319. The summed E-state index contributed by atoms with van der Waals surface area (Å²) >= 11 is 5.73. The fourth-order valence-corrected chi connectivity index (χ4v) is 1.08. The average Bonchev–Trinajstić information content (AvgIpc) is 2.26. The molecule has 0 aliphatic carbocycles. The van der Waals surface area contributed by atoms with E-state index in [0.717, 1.165) is 0 Å². The Hall–Kier alpha value is -1.22. The van der Waals surface area contributed by atoms with Crippen LogP contribution in [-0.4, -0.2) is 25.1 Å². The summed E-state index contributed by atoms with van der Waals surface area (Å²) in [7, 11) is 1.35. The maximum atomic E-state index is 11.1. The van der Waals surface area contributed by atoms with Crippen LogP contribution in [0.4, 0.5) is 0 Å². The number of alkyl halides is 1. The first-order valence-electron chi connectivity index (χ1n) is 4.58. The van der Waals surface area contributed by atoms with Crippen molar-refractivity contribution < 1.29 is 14.3 Å². The van der Waals surface area contributed by atoms with Crippen LogP contribution in [0, 0.1) is 0 Å². The Kier molecular flexibility index (Phi) is 4.43. The first kappa shape index (κ1) is 11.9. The highest BCUT2D eigenvalue weighted by Gasteiger charge is 2.04. The van der Waals surface area contributed by atoms with Crippen molar-refractivity contribution in [2.45, 2.75) is 12.3 Å². The number of halogens is 1. The second-order valence-electron chi connectivity index (χ2n) is 3.11. The van der Waals surface area contributed by atoms with E-state index in [-0.39, 0.29) is 11.3 Å². The highest BCUT2D eigenvalue weighted by atomic mass is 35.5. The topological polar surface area (TPSA) is 35.5 Å². The Morgan fingerprint density at radius 1 is 1.40 bits per heavy atom. The van der Waals surface area contributed by atoms with Crippen LogP contribution in [0.2, 0.25) is 0 Å². The molecule has 0 fully saturated rings. The monoisotopic (exact) mass is 228 g/mol. The molecule has 1 aromatic rings. The van der Waals surface area contributed by atoms with Crippen molar-refractivity contribution in [1.29, 1.82) is 0 Å². The van der Waals surface area contributed by atoms with Crippen molar-refractivity contribution >= 4 is 17.6 Å². The standard InChI is InChI=1S/C11H13ClO3/c1-8(12)7-15-10-5-3-9(4-6-10)11(13)14-2/h3-6,8H,7H2,1-2H3/t8-/m1/s1. The molecule has 0 N–H and O–H groups in total. The number of rotatable bonds is 4. The summed E-state index contributed by atoms with van der Waals surface area (Å²) in [5.74, 6) is 0.336. The highest BCUT2D eigenvalue weighted by Crippen LogP contribution is 2.13. The molecular weight excluding hydrogens is 216 g/mol. The molecule has 0 unspecified atom stereocenters. The van der Waals surface area contributed by atoms with Gasteiger partial charge in [0, 0.05) is 0 Å². The Labute approximate surface area is 93.9 Å². The smallest absolute Gasteiger partial charge is 0.337 e. The normalized spacial score (nSPS) is 11.9. The van der Waals surface area contributed by atoms with Gasteiger partial charge in [0.1, 0.15) is 12.4 Å². The highest BCUT2D eigenvalue weighted by molar-refractivity contribution is 6.20. The summed E-state index contributed by atoms with van der Waals surface area (Å²) < 4.78 is 9.93. The van der Waals surface area contributed by atoms with Crippen molar-refractivity contribution in [3.05, 3.63) is 29.8 Å². The third kappa shape index (κ3) is 3.80. The van der Waals surface area contributed by atoms with E-state index in [1.165, 1.54) is 7.11 Å². The van der Waals surface area contributed by atoms with Gasteiger partial charge < -0.3 is 9.47 Å². The van der Waals surface area contributed by atoms with Gasteiger partial charge in [0.15, 0.2) is 0 Å². The lowest BCUT2D eigenvalue weighted by Gasteiger charge is -2.07. The summed E-state index contributed by atoms with van der Waals surface area (Å²) in [4.78, 5) is 11.1. The van der Waals surface area contributed by atoms with E-state index in [2.05, 4.69) is 4.74 Å². The fourth-order valence-electron chi connectivity index (χ4n) is 1.02. The van der Waals surface area contributed by atoms with Crippen LogP contribution >= 0.6 is 11.6 Å². The molecule has 0 heterocycles. The number of hydrogen-bond donors (Lipinski definition) is 0. The van der Waals surface area contributed by atoms with E-state index >= 15 is 0 Å². The van der Waals surface area contributed by atoms with Gasteiger partial charge in [0.05, 0.1) is 18.1 Å². The second kappa shape index (κ2) is 5.61. The van der Waals surface area contributed by atoms with E-state index in [1.54, 1.807) is 24.3 Å². The first-order valence-corrected chi connectivity index (χ1v) is 5.02. The van der Waals surface area contributed by atoms with Gasteiger partial charge in [-0.15, -0.1) is 11.6 Å². The van der Waals surface area contributed by atoms with Crippen LogP contribution in [0.3, 0.4) is 0 Å². The van der Waals surface area contributed by atoms with Crippen molar-refractivity contribution in [3.63, 3.8) is 0 Å². The summed E-state index contributed by atoms with van der Waals surface area (Å²) in [5, 5.41) is -0.0368. The van der Waals surface area contributed by atoms with Crippen molar-refractivity contribution in [1.82, 2.24) is 0 Å². The Morgan fingerprint density at radius 3 is 2.47 bits per heavy atom. The van der Waals surface area contributed by atoms with Gasteiger partial charge in [0.25, 0.3) is 0 Å². The molecule has 0 saturated carbocycles. The quantitative estimate of drug-likeness (QED) is 0.587. The lowest BCUT2D eigenvalue weighted by atomic mass is 10.2. The molecule has 0 radical (unpaired) electrons. The van der Waals surface area contributed by atoms with Crippen LogP contribution in [0.15, 0.2) is 24.3 Å². The zero-order valence-corrected chi connectivity index (χ0v) is 9.45. The van der Waals surface area contributed by atoms with Crippen LogP contribution in [-0.2, 0) is 4.74 Å². The maximum absolute atomic E-state index is 11.1. The predicted molar refractivity (Wildman–Crippen MR) is 58.6 cm³/mol. The number of benzene rings is 1. The predicted octanol–water partition coefficient (Wildman–Crippen LogP) is 2.48. The van der Waals surface area contributed by atoms with Crippen LogP contribution in [0.5, 0.6) is 5.75 Å². The van der Waals surface area contributed by atoms with Crippen molar-refractivity contribution in [2.75, 3.05) is 13.7 Å². The molecule has 0 aliphatic rings. The molecule has 3 nitrogen and oxygen atoms in total. The lowest BCUT2D eigenvalue weighted by molar-refractivity contribution is 0.0600. The molecule has 0 aromatic heterocycles. The van der Waals surface area contributed by atoms with Gasteiger partial charge in [0.2, 0.25) is 0 Å². The van der Waals surface area contributed by atoms with E-state index < -0.39 is 0 Å². The molecule has 15 heavy (non-hydrogen) atoms. The Morgan fingerprint density at radius 2 is 2.00 bits per heavy atom. The second-order valence-corrected chi connectivity index (χ2v) is 3.85. The molecule has 0 spiro atoms. The molecule has 4 heteroatoms. The Balaban J connectivity index is 2.60. The fraction of sp³-hybridized carbons (Fsp3) is 0.364. The zero-order valence-electron chi connectivity index (χ0n) is 8.70. The number of esters is 1. The van der Waals surface area contributed by atoms with Gasteiger partial charge >= 0.3 is 5.97 Å². The minimum Gasteiger partial charge on any atom is -0.492 e. The van der Waals surface area contributed by atoms with Gasteiger partial charge in [-0.2, -0.15) is 0 Å². The SMILES string of the molecule is COC(=O)c1ccc(OC[C@@H](C)Cl)cc1. The summed E-state index contributed by atoms with van der Waals surface area (Å²) in [6.07, 6.45) is 0. The van der Waals surface area contributed by atoms with E-state index in [4.69, 9.17) is 16.3 Å². The third-order valence-corrected chi connectivity index (χ3v) is 1.88. The van der Waals surface area contributed by atoms with Gasteiger partial charge in [-0.3, -0.25) is 0 Å². The molecule has 0 saturated heterocycles. The van der Waals surface area contributed by atoms with Gasteiger partial charge in [-0.25, -0.2) is 4.79 Å². The van der Waals surface area contributed by atoms with Gasteiger partial charge in [-0.1, -0.05) is 0 Å². The average molecular weight is 229 g/mol. The van der Waals surface area contributed by atoms with Crippen molar-refractivity contribution in [3.8, 4) is 5.75 Å². The summed E-state index contributed by atoms with van der Waals surface area (Å²) in [6, 6.07) is 6.73. The van der Waals surface area contributed by atoms with Crippen LogP contribution < -0.4 is 4.74 Å². The first-order chi connectivity index (χ1) is 7.13. The third-order valence-electron chi connectivity index (χ3n) is 1.76. The maximum Gasteiger partial charge on any atom is 0.337 e. The number of carbonyl (C=O) groups excluding carboxylic acids is 1. The van der Waals surface area contributed by atoms with Gasteiger partial charge in [-0.05, 0) is 31.2 Å². The number of carbonyl (C=O) groups is 1. The number of methoxy groups -OCH3 is 1. The molecule has 1 rings (SSSR count). The summed E-state index contributed by atoms with van der Waals surface area (Å²) in [5.41, 5.74) is 0.503. The minimum atomic E-state index is -0.354. The molecule has 1 atom stereocenters. The summed E-state index contributed by atoms with van der Waals surface area (Å²) in [6.45, 7) is 2.30. The van der Waals surface area contributed by atoms with E-state index in [0.29, 0.717) is 17.9 Å².